The zero-order chi connectivity index (χ0) is 20.4. The maximum Gasteiger partial charge on any atom is 0.276 e. The minimum Gasteiger partial charge on any atom is -0.381 e. The van der Waals surface area contributed by atoms with Crippen LogP contribution in [0.15, 0.2) is 23.0 Å². The molecule has 0 aromatic carbocycles. The summed E-state index contributed by atoms with van der Waals surface area (Å²) in [6.45, 7) is 6.50. The van der Waals surface area contributed by atoms with Crippen LogP contribution in [0, 0.1) is 6.92 Å². The van der Waals surface area contributed by atoms with Gasteiger partial charge in [-0.05, 0) is 31.7 Å². The normalized spacial score (nSPS) is 20.2. The van der Waals surface area contributed by atoms with E-state index >= 15 is 0 Å². The second-order valence-corrected chi connectivity index (χ2v) is 7.86. The molecule has 4 heterocycles. The first-order chi connectivity index (χ1) is 14.0. The lowest BCUT2D eigenvalue weighted by atomic mass is 10.0. The standard InChI is InChI=1S/C20H27N5O4/c1-14-10-21-24(11-14)13-18-9-19(22-29-18)20(27)23-6-3-17(12-23)25(15(2)26)16-4-7-28-8-5-16/h9-11,16-17H,3-8,12-13H2,1-2H3. The summed E-state index contributed by atoms with van der Waals surface area (Å²) >= 11 is 0. The number of nitrogens with zero attached hydrogens (tertiary/aromatic N) is 5. The van der Waals surface area contributed by atoms with Gasteiger partial charge in [-0.3, -0.25) is 14.3 Å². The molecular weight excluding hydrogens is 374 g/mol. The fraction of sp³-hybridized carbons (Fsp3) is 0.600. The highest BCUT2D eigenvalue weighted by Gasteiger charge is 2.36. The van der Waals surface area contributed by atoms with E-state index in [1.54, 1.807) is 28.8 Å². The Morgan fingerprint density at radius 1 is 1.24 bits per heavy atom. The molecule has 2 saturated heterocycles. The van der Waals surface area contributed by atoms with Gasteiger partial charge in [-0.15, -0.1) is 0 Å². The quantitative estimate of drug-likeness (QED) is 0.753. The van der Waals surface area contributed by atoms with Gasteiger partial charge in [0.05, 0.1) is 12.2 Å². The number of likely N-dealkylation sites (tertiary alicyclic amines) is 1. The van der Waals surface area contributed by atoms with Crippen molar-refractivity contribution in [3.8, 4) is 0 Å². The van der Waals surface area contributed by atoms with Crippen LogP contribution in [0.1, 0.15) is 48.0 Å². The van der Waals surface area contributed by atoms with Crippen molar-refractivity contribution in [3.63, 3.8) is 0 Å². The van der Waals surface area contributed by atoms with Gasteiger partial charge in [0.15, 0.2) is 11.5 Å². The third-order valence-corrected chi connectivity index (χ3v) is 5.65. The molecule has 29 heavy (non-hydrogen) atoms. The molecule has 2 aliphatic heterocycles. The van der Waals surface area contributed by atoms with Crippen LogP contribution in [0.4, 0.5) is 0 Å². The Bertz CT molecular complexity index is 870. The molecule has 2 aromatic rings. The van der Waals surface area contributed by atoms with Crippen molar-refractivity contribution in [2.24, 2.45) is 0 Å². The Balaban J connectivity index is 1.39. The Labute approximate surface area is 169 Å². The van der Waals surface area contributed by atoms with E-state index in [9.17, 15) is 9.59 Å². The highest BCUT2D eigenvalue weighted by molar-refractivity contribution is 5.92. The Hall–Kier alpha value is -2.68. The van der Waals surface area contributed by atoms with E-state index in [-0.39, 0.29) is 23.9 Å². The van der Waals surface area contributed by atoms with E-state index in [1.807, 2.05) is 18.0 Å². The molecule has 1 unspecified atom stereocenters. The van der Waals surface area contributed by atoms with Crippen LogP contribution in [0.3, 0.4) is 0 Å². The van der Waals surface area contributed by atoms with Gasteiger partial charge in [0.1, 0.15) is 6.54 Å². The summed E-state index contributed by atoms with van der Waals surface area (Å²) in [6, 6.07) is 1.91. The number of aryl methyl sites for hydroxylation is 1. The van der Waals surface area contributed by atoms with Gasteiger partial charge in [0, 0.05) is 51.5 Å². The fourth-order valence-corrected chi connectivity index (χ4v) is 4.29. The molecular formula is C20H27N5O4. The van der Waals surface area contributed by atoms with E-state index in [4.69, 9.17) is 9.26 Å². The van der Waals surface area contributed by atoms with Crippen molar-refractivity contribution >= 4 is 11.8 Å². The molecule has 2 amide bonds. The molecule has 9 heteroatoms. The lowest BCUT2D eigenvalue weighted by molar-refractivity contribution is -0.135. The number of hydrogen-bond acceptors (Lipinski definition) is 6. The first kappa shape index (κ1) is 19.6. The molecule has 1 atom stereocenters. The van der Waals surface area contributed by atoms with E-state index in [2.05, 4.69) is 10.3 Å². The number of rotatable bonds is 5. The van der Waals surface area contributed by atoms with Crippen molar-refractivity contribution in [2.75, 3.05) is 26.3 Å². The molecule has 156 valence electrons. The van der Waals surface area contributed by atoms with Crippen molar-refractivity contribution in [2.45, 2.75) is 51.7 Å². The highest BCUT2D eigenvalue weighted by Crippen LogP contribution is 2.24. The molecule has 0 saturated carbocycles. The summed E-state index contributed by atoms with van der Waals surface area (Å²) in [7, 11) is 0. The molecule has 0 spiro atoms. The van der Waals surface area contributed by atoms with Gasteiger partial charge < -0.3 is 19.1 Å². The average molecular weight is 401 g/mol. The smallest absolute Gasteiger partial charge is 0.276 e. The molecule has 0 N–H and O–H groups in total. The molecule has 2 aromatic heterocycles. The predicted octanol–water partition coefficient (Wildman–Crippen LogP) is 1.47. The first-order valence-electron chi connectivity index (χ1n) is 10.1. The number of ether oxygens (including phenoxy) is 1. The number of carbonyl (C=O) groups excluding carboxylic acids is 2. The Morgan fingerprint density at radius 2 is 2.03 bits per heavy atom. The van der Waals surface area contributed by atoms with Crippen LogP contribution in [0.5, 0.6) is 0 Å². The minimum absolute atomic E-state index is 0.0398. The fourth-order valence-electron chi connectivity index (χ4n) is 4.29. The van der Waals surface area contributed by atoms with Gasteiger partial charge in [-0.2, -0.15) is 5.10 Å². The second-order valence-electron chi connectivity index (χ2n) is 7.86. The van der Waals surface area contributed by atoms with Gasteiger partial charge in [0.2, 0.25) is 5.91 Å². The molecule has 2 fully saturated rings. The molecule has 0 radical (unpaired) electrons. The number of hydrogen-bond donors (Lipinski definition) is 0. The van der Waals surface area contributed by atoms with Crippen LogP contribution < -0.4 is 0 Å². The number of carbonyl (C=O) groups is 2. The van der Waals surface area contributed by atoms with E-state index < -0.39 is 0 Å². The van der Waals surface area contributed by atoms with Crippen molar-refractivity contribution in [1.29, 1.82) is 0 Å². The number of amides is 2. The van der Waals surface area contributed by atoms with E-state index in [0.29, 0.717) is 44.3 Å². The minimum atomic E-state index is -0.158. The molecule has 4 rings (SSSR count). The van der Waals surface area contributed by atoms with Gasteiger partial charge >= 0.3 is 0 Å². The summed E-state index contributed by atoms with van der Waals surface area (Å²) in [6.07, 6.45) is 6.15. The monoisotopic (exact) mass is 401 g/mol. The second kappa shape index (κ2) is 8.36. The Morgan fingerprint density at radius 3 is 2.72 bits per heavy atom. The Kier molecular flexibility index (Phi) is 5.66. The average Bonchev–Trinajstić information content (AvgIpc) is 3.44. The summed E-state index contributed by atoms with van der Waals surface area (Å²) < 4.78 is 12.5. The predicted molar refractivity (Wildman–Crippen MR) is 103 cm³/mol. The van der Waals surface area contributed by atoms with Crippen LogP contribution >= 0.6 is 0 Å². The summed E-state index contributed by atoms with van der Waals surface area (Å²) in [5, 5.41) is 8.17. The van der Waals surface area contributed by atoms with Crippen molar-refractivity contribution in [3.05, 3.63) is 35.5 Å². The highest BCUT2D eigenvalue weighted by atomic mass is 16.5. The van der Waals surface area contributed by atoms with Crippen molar-refractivity contribution < 1.29 is 18.8 Å². The van der Waals surface area contributed by atoms with Crippen molar-refractivity contribution in [1.82, 2.24) is 24.7 Å². The van der Waals surface area contributed by atoms with Gasteiger partial charge in [0.25, 0.3) is 5.91 Å². The number of aromatic nitrogens is 3. The van der Waals surface area contributed by atoms with Gasteiger partial charge in [-0.1, -0.05) is 5.16 Å². The molecule has 0 bridgehead atoms. The molecule has 9 nitrogen and oxygen atoms in total. The maximum atomic E-state index is 12.9. The first-order valence-corrected chi connectivity index (χ1v) is 10.1. The summed E-state index contributed by atoms with van der Waals surface area (Å²) in [5.41, 5.74) is 1.36. The topological polar surface area (TPSA) is 93.7 Å². The lowest BCUT2D eigenvalue weighted by Gasteiger charge is -2.37. The van der Waals surface area contributed by atoms with E-state index in [0.717, 1.165) is 24.8 Å². The van der Waals surface area contributed by atoms with Crippen LogP contribution in [-0.2, 0) is 16.1 Å². The third kappa shape index (κ3) is 4.34. The van der Waals surface area contributed by atoms with Crippen LogP contribution in [-0.4, -0.2) is 74.9 Å². The SMILES string of the molecule is CC(=O)N(C1CCOCC1)C1CCN(C(=O)c2cc(Cn3cc(C)cn3)on2)C1. The van der Waals surface area contributed by atoms with Crippen LogP contribution in [0.2, 0.25) is 0 Å². The van der Waals surface area contributed by atoms with Gasteiger partial charge in [-0.25, -0.2) is 0 Å². The summed E-state index contributed by atoms with van der Waals surface area (Å²) in [4.78, 5) is 28.9. The zero-order valence-corrected chi connectivity index (χ0v) is 16.9. The summed E-state index contributed by atoms with van der Waals surface area (Å²) in [5.74, 6) is 0.490. The van der Waals surface area contributed by atoms with Crippen LogP contribution in [0.25, 0.3) is 0 Å². The third-order valence-electron chi connectivity index (χ3n) is 5.65. The zero-order valence-electron chi connectivity index (χ0n) is 16.9. The molecule has 2 aliphatic rings. The largest absolute Gasteiger partial charge is 0.381 e. The molecule has 0 aliphatic carbocycles. The maximum absolute atomic E-state index is 12.9. The lowest BCUT2D eigenvalue weighted by Crippen LogP contribution is -2.49. The van der Waals surface area contributed by atoms with E-state index in [1.165, 1.54) is 0 Å².